The van der Waals surface area contributed by atoms with Gasteiger partial charge in [-0.3, -0.25) is 4.79 Å². The summed E-state index contributed by atoms with van der Waals surface area (Å²) in [7, 11) is 0. The summed E-state index contributed by atoms with van der Waals surface area (Å²) < 4.78 is 40.5. The molecule has 19 heavy (non-hydrogen) atoms. The van der Waals surface area contributed by atoms with Crippen LogP contribution in [0.15, 0.2) is 40.9 Å². The number of hydrogen-bond donors (Lipinski definition) is 0. The van der Waals surface area contributed by atoms with Gasteiger partial charge >= 0.3 is 0 Å². The molecule has 0 saturated carbocycles. The van der Waals surface area contributed by atoms with Gasteiger partial charge in [0, 0.05) is 10.9 Å². The molecule has 0 aliphatic heterocycles. The van der Waals surface area contributed by atoms with Crippen LogP contribution in [-0.2, 0) is 6.42 Å². The molecule has 0 atom stereocenters. The number of benzene rings is 2. The smallest absolute Gasteiger partial charge is 0.170 e. The third kappa shape index (κ3) is 3.04. The highest BCUT2D eigenvalue weighted by Crippen LogP contribution is 2.19. The third-order valence-electron chi connectivity index (χ3n) is 2.61. The first-order valence-electron chi connectivity index (χ1n) is 5.40. The van der Waals surface area contributed by atoms with Gasteiger partial charge in [0.05, 0.1) is 5.56 Å². The summed E-state index contributed by atoms with van der Waals surface area (Å²) in [6.07, 6.45) is -0.387. The number of Topliss-reactive ketones (excluding diaryl/α,β-unsaturated/α-hetero) is 1. The van der Waals surface area contributed by atoms with Gasteiger partial charge in [0.25, 0.3) is 0 Å². The van der Waals surface area contributed by atoms with E-state index in [0.717, 1.165) is 12.1 Å². The molecule has 0 unspecified atom stereocenters. The van der Waals surface area contributed by atoms with Gasteiger partial charge in [0.1, 0.15) is 5.82 Å². The van der Waals surface area contributed by atoms with Gasteiger partial charge in [-0.15, -0.1) is 0 Å². The highest BCUT2D eigenvalue weighted by molar-refractivity contribution is 9.10. The maximum atomic E-state index is 13.6. The Morgan fingerprint density at radius 3 is 2.47 bits per heavy atom. The maximum absolute atomic E-state index is 13.6. The van der Waals surface area contributed by atoms with E-state index in [1.165, 1.54) is 24.3 Å². The monoisotopic (exact) mass is 328 g/mol. The summed E-state index contributed by atoms with van der Waals surface area (Å²) in [6, 6.07) is 7.53. The Hall–Kier alpha value is -1.62. The van der Waals surface area contributed by atoms with Crippen LogP contribution in [0, 0.1) is 17.5 Å². The van der Waals surface area contributed by atoms with Crippen molar-refractivity contribution in [2.75, 3.05) is 0 Å². The zero-order valence-electron chi connectivity index (χ0n) is 9.59. The fraction of sp³-hybridized carbons (Fsp3) is 0.0714. The largest absolute Gasteiger partial charge is 0.294 e. The van der Waals surface area contributed by atoms with Crippen LogP contribution in [0.1, 0.15) is 15.9 Å². The average molecular weight is 329 g/mol. The molecule has 0 radical (unpaired) electrons. The lowest BCUT2D eigenvalue weighted by Crippen LogP contribution is -2.08. The fourth-order valence-electron chi connectivity index (χ4n) is 1.67. The van der Waals surface area contributed by atoms with Crippen LogP contribution in [0.5, 0.6) is 0 Å². The SMILES string of the molecule is O=C(Cc1cccc(F)c1F)c1ccc(Br)cc1F. The van der Waals surface area contributed by atoms with Crippen molar-refractivity contribution < 1.29 is 18.0 Å². The molecule has 0 amide bonds. The van der Waals surface area contributed by atoms with Crippen LogP contribution < -0.4 is 0 Å². The molecule has 0 aliphatic carbocycles. The minimum absolute atomic E-state index is 0.0904. The van der Waals surface area contributed by atoms with Crippen LogP contribution in [0.4, 0.5) is 13.2 Å². The summed E-state index contributed by atoms with van der Waals surface area (Å²) in [5.41, 5.74) is -0.237. The summed E-state index contributed by atoms with van der Waals surface area (Å²) >= 11 is 3.07. The van der Waals surface area contributed by atoms with E-state index in [9.17, 15) is 18.0 Å². The molecule has 0 fully saturated rings. The second-order valence-corrected chi connectivity index (χ2v) is 4.85. The lowest BCUT2D eigenvalue weighted by Gasteiger charge is -2.05. The predicted octanol–water partition coefficient (Wildman–Crippen LogP) is 4.29. The normalized spacial score (nSPS) is 10.5. The van der Waals surface area contributed by atoms with Crippen LogP contribution in [0.2, 0.25) is 0 Å². The molecule has 0 heterocycles. The molecule has 2 aromatic carbocycles. The average Bonchev–Trinajstić information content (AvgIpc) is 2.34. The minimum atomic E-state index is -1.08. The van der Waals surface area contributed by atoms with E-state index in [2.05, 4.69) is 15.9 Å². The van der Waals surface area contributed by atoms with Gasteiger partial charge < -0.3 is 0 Å². The fourth-order valence-corrected chi connectivity index (χ4v) is 2.00. The first-order valence-corrected chi connectivity index (χ1v) is 6.19. The number of carbonyl (C=O) groups excluding carboxylic acids is 1. The van der Waals surface area contributed by atoms with Crippen LogP contribution in [-0.4, -0.2) is 5.78 Å². The van der Waals surface area contributed by atoms with Gasteiger partial charge in [-0.1, -0.05) is 28.1 Å². The molecule has 2 aromatic rings. The number of hydrogen-bond acceptors (Lipinski definition) is 1. The first kappa shape index (κ1) is 13.8. The molecule has 0 N–H and O–H groups in total. The van der Waals surface area contributed by atoms with Crippen molar-refractivity contribution >= 4 is 21.7 Å². The Morgan fingerprint density at radius 1 is 1.05 bits per heavy atom. The first-order chi connectivity index (χ1) is 8.99. The molecule has 2 rings (SSSR count). The summed E-state index contributed by atoms with van der Waals surface area (Å²) in [5, 5.41) is 0. The van der Waals surface area contributed by atoms with Crippen molar-refractivity contribution in [1.82, 2.24) is 0 Å². The van der Waals surface area contributed by atoms with E-state index in [-0.39, 0.29) is 17.5 Å². The van der Waals surface area contributed by atoms with E-state index in [1.54, 1.807) is 0 Å². The lowest BCUT2D eigenvalue weighted by atomic mass is 10.0. The molecule has 0 aromatic heterocycles. The van der Waals surface area contributed by atoms with Gasteiger partial charge in [-0.25, -0.2) is 13.2 Å². The van der Waals surface area contributed by atoms with Crippen molar-refractivity contribution in [3.63, 3.8) is 0 Å². The van der Waals surface area contributed by atoms with Crippen molar-refractivity contribution in [2.24, 2.45) is 0 Å². The van der Waals surface area contributed by atoms with Gasteiger partial charge in [-0.05, 0) is 29.8 Å². The summed E-state index contributed by atoms with van der Waals surface area (Å²) in [5.74, 6) is -3.40. The molecule has 0 saturated heterocycles. The lowest BCUT2D eigenvalue weighted by molar-refractivity contribution is 0.0988. The highest BCUT2D eigenvalue weighted by atomic mass is 79.9. The van der Waals surface area contributed by atoms with Crippen LogP contribution >= 0.6 is 15.9 Å². The quantitative estimate of drug-likeness (QED) is 0.768. The molecule has 5 heteroatoms. The number of rotatable bonds is 3. The molecule has 1 nitrogen and oxygen atoms in total. The van der Waals surface area contributed by atoms with Gasteiger partial charge in [0.2, 0.25) is 0 Å². The van der Waals surface area contributed by atoms with Gasteiger partial charge in [0.15, 0.2) is 17.4 Å². The molecular weight excluding hydrogens is 321 g/mol. The highest BCUT2D eigenvalue weighted by Gasteiger charge is 2.16. The number of ketones is 1. The standard InChI is InChI=1S/C14H8BrF3O/c15-9-4-5-10(12(17)7-9)13(19)6-8-2-1-3-11(16)14(8)18/h1-5,7H,6H2. The van der Waals surface area contributed by atoms with E-state index in [4.69, 9.17) is 0 Å². The molecule has 0 aliphatic rings. The Kier molecular flexibility index (Phi) is 4.04. The second kappa shape index (κ2) is 5.57. The maximum Gasteiger partial charge on any atom is 0.170 e. The van der Waals surface area contributed by atoms with Crippen molar-refractivity contribution in [3.05, 3.63) is 69.4 Å². The van der Waals surface area contributed by atoms with E-state index in [0.29, 0.717) is 4.47 Å². The van der Waals surface area contributed by atoms with Crippen molar-refractivity contribution in [1.29, 1.82) is 0 Å². The Bertz CT molecular complexity index is 641. The number of halogens is 4. The van der Waals surface area contributed by atoms with E-state index >= 15 is 0 Å². The zero-order chi connectivity index (χ0) is 14.0. The molecular formula is C14H8BrF3O. The number of carbonyl (C=O) groups is 1. The molecule has 98 valence electrons. The second-order valence-electron chi connectivity index (χ2n) is 3.94. The predicted molar refractivity (Wildman–Crippen MR) is 68.5 cm³/mol. The third-order valence-corrected chi connectivity index (χ3v) is 3.11. The Balaban J connectivity index is 2.28. The minimum Gasteiger partial charge on any atom is -0.294 e. The van der Waals surface area contributed by atoms with E-state index in [1.807, 2.05) is 0 Å². The zero-order valence-corrected chi connectivity index (χ0v) is 11.2. The summed E-state index contributed by atoms with van der Waals surface area (Å²) in [6.45, 7) is 0. The molecule has 0 spiro atoms. The molecule has 0 bridgehead atoms. The summed E-state index contributed by atoms with van der Waals surface area (Å²) in [4.78, 5) is 11.9. The topological polar surface area (TPSA) is 17.1 Å². The van der Waals surface area contributed by atoms with Crippen molar-refractivity contribution in [3.8, 4) is 0 Å². The van der Waals surface area contributed by atoms with Gasteiger partial charge in [-0.2, -0.15) is 0 Å². The van der Waals surface area contributed by atoms with E-state index < -0.39 is 23.2 Å². The Labute approximate surface area is 116 Å². The van der Waals surface area contributed by atoms with Crippen LogP contribution in [0.3, 0.4) is 0 Å². The van der Waals surface area contributed by atoms with Crippen LogP contribution in [0.25, 0.3) is 0 Å². The van der Waals surface area contributed by atoms with Crippen molar-refractivity contribution in [2.45, 2.75) is 6.42 Å². The Morgan fingerprint density at radius 2 is 1.79 bits per heavy atom.